The fraction of sp³-hybridized carbons (Fsp3) is 0.308. The number of carbonyl (C=O) groups excluding carboxylic acids is 1. The van der Waals surface area contributed by atoms with Gasteiger partial charge in [-0.05, 0) is 18.6 Å². The van der Waals surface area contributed by atoms with E-state index in [1.807, 2.05) is 12.1 Å². The fourth-order valence-electron chi connectivity index (χ4n) is 1.45. The minimum absolute atomic E-state index is 0.547. The fourth-order valence-corrected chi connectivity index (χ4v) is 2.16. The van der Waals surface area contributed by atoms with Crippen LogP contribution in [0.4, 0.5) is 0 Å². The maximum atomic E-state index is 10.8. The van der Waals surface area contributed by atoms with Crippen molar-refractivity contribution >= 4 is 18.0 Å². The zero-order valence-corrected chi connectivity index (χ0v) is 11.4. The molecule has 0 spiro atoms. The van der Waals surface area contributed by atoms with Crippen molar-refractivity contribution in [1.82, 2.24) is 10.2 Å². The second-order valence-corrected chi connectivity index (χ2v) is 4.84. The molecule has 0 fully saturated rings. The number of thioether (sulfide) groups is 1. The molecular formula is C13H14N2O3S. The van der Waals surface area contributed by atoms with E-state index in [-0.39, 0.29) is 0 Å². The number of hydrogen-bond donors (Lipinski definition) is 0. The van der Waals surface area contributed by atoms with Gasteiger partial charge in [0.05, 0.1) is 12.2 Å². The number of hydrogen-bond acceptors (Lipinski definition) is 6. The van der Waals surface area contributed by atoms with E-state index in [0.717, 1.165) is 18.5 Å². The predicted octanol–water partition coefficient (Wildman–Crippen LogP) is 2.75. The minimum atomic E-state index is 0.547. The minimum Gasteiger partial charge on any atom is -0.493 e. The molecule has 0 aliphatic heterocycles. The lowest BCUT2D eigenvalue weighted by Gasteiger charge is -2.07. The molecule has 0 saturated heterocycles. The molecule has 0 N–H and O–H groups in total. The van der Waals surface area contributed by atoms with E-state index in [1.165, 1.54) is 11.8 Å². The summed E-state index contributed by atoms with van der Waals surface area (Å²) in [5.74, 6) is 2.01. The molecule has 0 bridgehead atoms. The zero-order valence-electron chi connectivity index (χ0n) is 10.5. The molecule has 6 heteroatoms. The highest BCUT2D eigenvalue weighted by atomic mass is 32.2. The van der Waals surface area contributed by atoms with Crippen LogP contribution in [-0.4, -0.2) is 28.8 Å². The monoisotopic (exact) mass is 278 g/mol. The lowest BCUT2D eigenvalue weighted by Crippen LogP contribution is -2.00. The van der Waals surface area contributed by atoms with Gasteiger partial charge in [0.25, 0.3) is 5.22 Å². The Morgan fingerprint density at radius 1 is 1.37 bits per heavy atom. The molecular weight excluding hydrogens is 264 g/mol. The predicted molar refractivity (Wildman–Crippen MR) is 71.7 cm³/mol. The summed E-state index contributed by atoms with van der Waals surface area (Å²) in [5.41, 5.74) is 0.572. The van der Waals surface area contributed by atoms with E-state index in [9.17, 15) is 4.79 Å². The highest BCUT2D eigenvalue weighted by Crippen LogP contribution is 2.18. The van der Waals surface area contributed by atoms with Crippen molar-refractivity contribution in [2.24, 2.45) is 0 Å². The SMILES string of the molecule is Cc1nnc(SCCCOc2ccccc2C=O)o1. The molecule has 19 heavy (non-hydrogen) atoms. The van der Waals surface area contributed by atoms with Crippen molar-refractivity contribution in [2.45, 2.75) is 18.6 Å². The largest absolute Gasteiger partial charge is 0.493 e. The third kappa shape index (κ3) is 4.10. The molecule has 0 unspecified atom stereocenters. The van der Waals surface area contributed by atoms with Crippen molar-refractivity contribution in [1.29, 1.82) is 0 Å². The maximum Gasteiger partial charge on any atom is 0.276 e. The molecule has 5 nitrogen and oxygen atoms in total. The first kappa shape index (κ1) is 13.6. The van der Waals surface area contributed by atoms with E-state index in [0.29, 0.717) is 29.0 Å². The van der Waals surface area contributed by atoms with Gasteiger partial charge in [-0.3, -0.25) is 4.79 Å². The van der Waals surface area contributed by atoms with Crippen LogP contribution in [0.1, 0.15) is 22.7 Å². The van der Waals surface area contributed by atoms with Crippen LogP contribution in [0.15, 0.2) is 33.9 Å². The molecule has 0 amide bonds. The molecule has 0 radical (unpaired) electrons. The van der Waals surface area contributed by atoms with Crippen molar-refractivity contribution in [2.75, 3.05) is 12.4 Å². The Morgan fingerprint density at radius 3 is 2.95 bits per heavy atom. The molecule has 2 aromatic rings. The summed E-state index contributed by atoms with van der Waals surface area (Å²) in [4.78, 5) is 10.8. The average Bonchev–Trinajstić information content (AvgIpc) is 2.84. The number of ether oxygens (including phenoxy) is 1. The van der Waals surface area contributed by atoms with Crippen LogP contribution in [0, 0.1) is 6.92 Å². The lowest BCUT2D eigenvalue weighted by atomic mass is 10.2. The number of para-hydroxylation sites is 1. The normalized spacial score (nSPS) is 10.4. The van der Waals surface area contributed by atoms with Crippen LogP contribution in [0.5, 0.6) is 5.75 Å². The highest BCUT2D eigenvalue weighted by Gasteiger charge is 2.04. The molecule has 0 atom stereocenters. The Hall–Kier alpha value is -1.82. The second-order valence-electron chi connectivity index (χ2n) is 3.79. The van der Waals surface area contributed by atoms with Gasteiger partial charge in [0.1, 0.15) is 5.75 Å². The first-order valence-electron chi connectivity index (χ1n) is 5.89. The summed E-state index contributed by atoms with van der Waals surface area (Å²) in [6.07, 6.45) is 1.63. The van der Waals surface area contributed by atoms with Gasteiger partial charge >= 0.3 is 0 Å². The lowest BCUT2D eigenvalue weighted by molar-refractivity contribution is 0.111. The number of benzene rings is 1. The van der Waals surface area contributed by atoms with Crippen LogP contribution in [0.25, 0.3) is 0 Å². The van der Waals surface area contributed by atoms with Gasteiger partial charge in [-0.2, -0.15) is 0 Å². The number of carbonyl (C=O) groups is 1. The third-order valence-corrected chi connectivity index (χ3v) is 3.23. The second kappa shape index (κ2) is 6.94. The van der Waals surface area contributed by atoms with Gasteiger partial charge in [0, 0.05) is 12.7 Å². The van der Waals surface area contributed by atoms with Gasteiger partial charge in [0.2, 0.25) is 5.89 Å². The van der Waals surface area contributed by atoms with Crippen molar-refractivity contribution < 1.29 is 13.9 Å². The molecule has 100 valence electrons. The number of rotatable bonds is 7. The molecule has 2 rings (SSSR count). The molecule has 0 aliphatic rings. The van der Waals surface area contributed by atoms with E-state index in [4.69, 9.17) is 9.15 Å². The molecule has 1 heterocycles. The maximum absolute atomic E-state index is 10.8. The number of aryl methyl sites for hydroxylation is 1. The van der Waals surface area contributed by atoms with Crippen LogP contribution in [0.2, 0.25) is 0 Å². The van der Waals surface area contributed by atoms with Gasteiger partial charge in [0.15, 0.2) is 6.29 Å². The Kier molecular flexibility index (Phi) is 4.97. The van der Waals surface area contributed by atoms with Crippen molar-refractivity contribution in [3.8, 4) is 5.75 Å². The van der Waals surface area contributed by atoms with Crippen LogP contribution in [0.3, 0.4) is 0 Å². The molecule has 0 saturated carbocycles. The van der Waals surface area contributed by atoms with E-state index < -0.39 is 0 Å². The molecule has 1 aromatic heterocycles. The topological polar surface area (TPSA) is 65.2 Å². The number of aldehydes is 1. The Labute approximate surface area is 115 Å². The Bertz CT molecular complexity index is 542. The Balaban J connectivity index is 1.70. The van der Waals surface area contributed by atoms with E-state index in [2.05, 4.69) is 10.2 Å². The summed E-state index contributed by atoms with van der Waals surface area (Å²) in [5, 5.41) is 8.21. The molecule has 1 aromatic carbocycles. The zero-order chi connectivity index (χ0) is 13.5. The summed E-state index contributed by atoms with van der Waals surface area (Å²) in [6, 6.07) is 7.18. The number of nitrogens with zero attached hydrogens (tertiary/aromatic N) is 2. The third-order valence-electron chi connectivity index (χ3n) is 2.33. The standard InChI is InChI=1S/C13H14N2O3S/c1-10-14-15-13(18-10)19-8-4-7-17-12-6-3-2-5-11(12)9-16/h2-3,5-6,9H,4,7-8H2,1H3. The van der Waals surface area contributed by atoms with Crippen molar-refractivity contribution in [3.63, 3.8) is 0 Å². The molecule has 0 aliphatic carbocycles. The summed E-state index contributed by atoms with van der Waals surface area (Å²) in [7, 11) is 0. The van der Waals surface area contributed by atoms with Gasteiger partial charge in [-0.1, -0.05) is 23.9 Å². The van der Waals surface area contributed by atoms with Crippen molar-refractivity contribution in [3.05, 3.63) is 35.7 Å². The van der Waals surface area contributed by atoms with Crippen LogP contribution >= 0.6 is 11.8 Å². The van der Waals surface area contributed by atoms with Gasteiger partial charge < -0.3 is 9.15 Å². The summed E-state index contributed by atoms with van der Waals surface area (Å²) in [6.45, 7) is 2.31. The highest BCUT2D eigenvalue weighted by molar-refractivity contribution is 7.99. The number of aromatic nitrogens is 2. The van der Waals surface area contributed by atoms with E-state index in [1.54, 1.807) is 19.1 Å². The summed E-state index contributed by atoms with van der Waals surface area (Å²) < 4.78 is 10.8. The first-order valence-corrected chi connectivity index (χ1v) is 6.88. The van der Waals surface area contributed by atoms with Gasteiger partial charge in [-0.15, -0.1) is 10.2 Å². The quantitative estimate of drug-likeness (QED) is 0.441. The first-order chi connectivity index (χ1) is 9.29. The van der Waals surface area contributed by atoms with E-state index >= 15 is 0 Å². The van der Waals surface area contributed by atoms with Crippen LogP contribution < -0.4 is 4.74 Å². The average molecular weight is 278 g/mol. The summed E-state index contributed by atoms with van der Waals surface area (Å²) >= 11 is 1.50. The van der Waals surface area contributed by atoms with Gasteiger partial charge in [-0.25, -0.2) is 0 Å². The van der Waals surface area contributed by atoms with Crippen LogP contribution in [-0.2, 0) is 0 Å². The Morgan fingerprint density at radius 2 is 2.21 bits per heavy atom. The smallest absolute Gasteiger partial charge is 0.276 e.